The van der Waals surface area contributed by atoms with Crippen molar-refractivity contribution in [2.45, 2.75) is 39.5 Å². The van der Waals surface area contributed by atoms with Crippen LogP contribution in [0.5, 0.6) is 0 Å². The molecule has 0 N–H and O–H groups in total. The minimum absolute atomic E-state index is 0. The fourth-order valence-corrected chi connectivity index (χ4v) is 14.6. The first kappa shape index (κ1) is 105. The molecule has 0 spiro atoms. The van der Waals surface area contributed by atoms with Crippen LogP contribution >= 0.6 is 0 Å². The quantitative estimate of drug-likeness (QED) is 0.127. The van der Waals surface area contributed by atoms with E-state index >= 15 is 0 Å². The molecule has 0 aliphatic carbocycles. The Kier molecular flexibility index (Phi) is 41.8. The first-order chi connectivity index (χ1) is 49.2. The van der Waals surface area contributed by atoms with Gasteiger partial charge in [0.25, 0.3) is 0 Å². The summed E-state index contributed by atoms with van der Waals surface area (Å²) in [5.74, 6) is 0.752. The Bertz CT molecular complexity index is 6960. The molecule has 0 saturated heterocycles. The molecule has 10 radical (unpaired) electrons. The first-order valence-corrected chi connectivity index (χ1v) is 33.6. The number of para-hydroxylation sites is 6. The number of nitrogens with zero attached hydrogens (tertiary/aromatic N) is 10. The van der Waals surface area contributed by atoms with Gasteiger partial charge in [0, 0.05) is 335 Å². The molecule has 0 aliphatic rings. The van der Waals surface area contributed by atoms with E-state index in [0.29, 0.717) is 11.8 Å². The van der Waals surface area contributed by atoms with Crippen LogP contribution in [0.15, 0.2) is 280 Å². The topological polar surface area (TPSA) is 86.5 Å². The van der Waals surface area contributed by atoms with Crippen molar-refractivity contribution in [2.75, 3.05) is 0 Å². The SMILES string of the molecule is CC(C)c1ccc2c(c1)c1ccc[c-]c1c1nccn21.CC(C)c1ccc2nc3c4[c-]cccc4c4ccccc4n3c2c1.Fc1c[c-]c2c(c1)c1ccccc1n1ccnc21.[CH3-].[CH3-].[CH3-].[CH3-].[CH3-].[Ir].[Ir].[Ir].[Ir].[Ir].[Y].[Y].[Y].[Y].[Y].[c-]1cccc2c1c1nc3ccccc3n1c1ccccc21.[c-]1cccc2c1c1nccn1c1ccccc21. The van der Waals surface area contributed by atoms with Gasteiger partial charge in [0.2, 0.25) is 0 Å². The van der Waals surface area contributed by atoms with E-state index < -0.39 is 0 Å². The zero-order chi connectivity index (χ0) is 67.1. The molecular formula is C94H75FIr5N10Y5-10. The summed E-state index contributed by atoms with van der Waals surface area (Å²) < 4.78 is 24.2. The maximum absolute atomic E-state index is 13.4. The number of halogens is 1. The van der Waals surface area contributed by atoms with Crippen LogP contribution in [0, 0.1) is 73.3 Å². The number of benzene rings is 12. The van der Waals surface area contributed by atoms with E-state index in [1.165, 1.54) is 87.9 Å². The van der Waals surface area contributed by atoms with Gasteiger partial charge in [-0.15, -0.1) is 137 Å². The molecule has 22 rings (SSSR count). The van der Waals surface area contributed by atoms with Crippen molar-refractivity contribution in [3.05, 3.63) is 364 Å². The maximum atomic E-state index is 13.4. The van der Waals surface area contributed by atoms with Gasteiger partial charge in [-0.1, -0.05) is 163 Å². The summed E-state index contributed by atoms with van der Waals surface area (Å²) in [6.07, 6.45) is 11.4. The van der Waals surface area contributed by atoms with Crippen LogP contribution in [0.1, 0.15) is 50.7 Å². The smallest absolute Gasteiger partial charge is 0.0774 e. The van der Waals surface area contributed by atoms with E-state index in [9.17, 15) is 4.39 Å². The number of rotatable bonds is 2. The third-order valence-electron chi connectivity index (χ3n) is 19.3. The molecule has 10 aromatic heterocycles. The monoisotopic (exact) mass is 2770 g/mol. The molecule has 578 valence electrons. The van der Waals surface area contributed by atoms with Gasteiger partial charge in [0.1, 0.15) is 0 Å². The Labute approximate surface area is 864 Å². The van der Waals surface area contributed by atoms with Gasteiger partial charge >= 0.3 is 0 Å². The van der Waals surface area contributed by atoms with Gasteiger partial charge in [-0.3, -0.25) is 29.3 Å². The van der Waals surface area contributed by atoms with Crippen molar-refractivity contribution < 1.29 is 268 Å². The Balaban J connectivity index is 0.000000362. The number of hydrogen-bond acceptors (Lipinski definition) is 5. The molecule has 0 saturated carbocycles. The Morgan fingerprint density at radius 2 is 0.600 bits per heavy atom. The van der Waals surface area contributed by atoms with Crippen LogP contribution in [-0.2, 0) is 264 Å². The van der Waals surface area contributed by atoms with Crippen LogP contribution in [0.4, 0.5) is 4.39 Å². The summed E-state index contributed by atoms with van der Waals surface area (Å²) >= 11 is 0. The van der Waals surface area contributed by atoms with Crippen molar-refractivity contribution in [1.29, 1.82) is 0 Å². The Morgan fingerprint density at radius 3 is 1.03 bits per heavy atom. The van der Waals surface area contributed by atoms with Crippen LogP contribution in [0.2, 0.25) is 0 Å². The van der Waals surface area contributed by atoms with Gasteiger partial charge in [0.15, 0.2) is 0 Å². The molecule has 0 amide bonds. The molecule has 0 aliphatic heterocycles. The standard InChI is InChI=1S/C22H17N2.C19H11N2.C18H15N2.C15H8FN2.C15H9N2.5CH3.5Ir.5Y/c1-14(2)15-11-12-19-21(13-15)24-20-10-6-5-8-17(20)16-7-3-4-9-18(16)22(24)23-19;1-2-9-15-13(7-1)14-8-3-5-11-17(14)21-18-12-6-4-10-16(18)20-19(15)21;1-12(2)13-7-8-17-16(11-13)14-5-3-4-6-15(14)18-19-9-10-20(17)18;16-10-5-6-12-13(9-10)11-3-1-2-4-14(11)18-8-7-17-15(12)18;1-2-7-13-11(5-1)12-6-3-4-8-14(12)17-10-9-16-15(13)17;;;;;;;;;;;;;;;/h3-8,10-14H,1-2H3;1-8,10-12H;3-5,7-12H,1-2H3;1-5,7-9H;1-6,8-10H;5*1H3;;;;;;;;;;/q10*-1;;;;;;;;;;. The average molecular weight is 2770 g/mol. The van der Waals surface area contributed by atoms with Crippen molar-refractivity contribution in [3.8, 4) is 0 Å². The molecular weight excluding hydrogens is 2690 g/mol. The largest absolute Gasteiger partial charge is 0.358 e. The van der Waals surface area contributed by atoms with E-state index in [2.05, 4.69) is 242 Å². The van der Waals surface area contributed by atoms with Crippen molar-refractivity contribution in [2.24, 2.45) is 0 Å². The normalized spacial score (nSPS) is 10.3. The van der Waals surface area contributed by atoms with E-state index in [0.717, 1.165) is 88.0 Å². The minimum Gasteiger partial charge on any atom is -0.358 e. The molecule has 0 unspecified atom stereocenters. The molecule has 0 atom stereocenters. The third kappa shape index (κ3) is 19.5. The molecule has 12 aromatic carbocycles. The zero-order valence-corrected chi connectivity index (χ0v) is 90.8. The van der Waals surface area contributed by atoms with Gasteiger partial charge < -0.3 is 59.1 Å². The second kappa shape index (κ2) is 45.7. The van der Waals surface area contributed by atoms with Gasteiger partial charge in [-0.2, -0.15) is 0 Å². The summed E-state index contributed by atoms with van der Waals surface area (Å²) in [7, 11) is 0. The van der Waals surface area contributed by atoms with Crippen molar-refractivity contribution in [3.63, 3.8) is 0 Å². The second-order valence-electron chi connectivity index (χ2n) is 25.7. The Morgan fingerprint density at radius 1 is 0.287 bits per heavy atom. The number of imidazole rings is 5. The number of fused-ring (bicyclic) bond motifs is 34. The maximum Gasteiger partial charge on any atom is 0.0774 e. The molecule has 10 heterocycles. The van der Waals surface area contributed by atoms with E-state index in [-0.39, 0.29) is 307 Å². The Hall–Kier alpha value is -4.09. The first-order valence-electron chi connectivity index (χ1n) is 33.6. The number of aromatic nitrogens is 10. The van der Waals surface area contributed by atoms with Crippen LogP contribution < -0.4 is 0 Å². The summed E-state index contributed by atoms with van der Waals surface area (Å²) in [5.41, 5.74) is 17.6. The summed E-state index contributed by atoms with van der Waals surface area (Å²) in [6.45, 7) is 8.91. The van der Waals surface area contributed by atoms with Gasteiger partial charge in [0.05, 0.1) is 50.3 Å². The third-order valence-corrected chi connectivity index (χ3v) is 19.3. The number of hydrogen-bond donors (Lipinski definition) is 0. The van der Waals surface area contributed by atoms with Gasteiger partial charge in [-0.25, -0.2) is 0 Å². The number of pyridine rings is 5. The van der Waals surface area contributed by atoms with Crippen LogP contribution in [0.3, 0.4) is 0 Å². The van der Waals surface area contributed by atoms with E-state index in [1.54, 1.807) is 12.3 Å². The summed E-state index contributed by atoms with van der Waals surface area (Å²) in [5, 5.41) is 16.9. The van der Waals surface area contributed by atoms with E-state index in [4.69, 9.17) is 9.97 Å². The predicted octanol–water partition coefficient (Wildman–Crippen LogP) is 24.1. The molecule has 21 heteroatoms. The van der Waals surface area contributed by atoms with Crippen molar-refractivity contribution >= 4 is 159 Å². The molecule has 115 heavy (non-hydrogen) atoms. The summed E-state index contributed by atoms with van der Waals surface area (Å²) in [4.78, 5) is 23.0. The van der Waals surface area contributed by atoms with Crippen LogP contribution in [0.25, 0.3) is 159 Å². The second-order valence-corrected chi connectivity index (χ2v) is 25.7. The van der Waals surface area contributed by atoms with E-state index in [1.807, 2.05) is 114 Å². The molecule has 22 aromatic rings. The average Bonchev–Trinajstić information content (AvgIpc) is 1.60. The molecule has 10 nitrogen and oxygen atoms in total. The fraction of sp³-hybridized carbons (Fsp3) is 0.0638. The minimum atomic E-state index is -0.274. The predicted molar refractivity (Wildman–Crippen MR) is 440 cm³/mol. The molecule has 0 fully saturated rings. The van der Waals surface area contributed by atoms with Crippen LogP contribution in [-0.4, -0.2) is 46.9 Å². The van der Waals surface area contributed by atoms with Crippen molar-refractivity contribution in [1.82, 2.24) is 46.9 Å². The summed E-state index contributed by atoms with van der Waals surface area (Å²) in [6, 6.07) is 98.8. The fourth-order valence-electron chi connectivity index (χ4n) is 14.6. The molecule has 0 bridgehead atoms. The zero-order valence-electron chi connectivity index (χ0n) is 64.6. The van der Waals surface area contributed by atoms with Gasteiger partial charge in [-0.05, 0) is 104 Å².